The molecule has 3 nitrogen and oxygen atoms in total. The maximum absolute atomic E-state index is 8.97. The molecule has 0 fully saturated rings. The number of methoxy groups -OCH3 is 1. The van der Waals surface area contributed by atoms with Crippen LogP contribution in [-0.2, 0) is 5.75 Å². The average Bonchev–Trinajstić information content (AvgIpc) is 2.46. The Labute approximate surface area is 130 Å². The molecule has 0 unspecified atom stereocenters. The van der Waals surface area contributed by atoms with Gasteiger partial charge in [0.1, 0.15) is 5.75 Å². The smallest absolute Gasteiger partial charge is 0.122 e. The van der Waals surface area contributed by atoms with Gasteiger partial charge in [0, 0.05) is 26.4 Å². The van der Waals surface area contributed by atoms with Gasteiger partial charge in [0.05, 0.1) is 18.7 Å². The lowest BCUT2D eigenvalue weighted by Crippen LogP contribution is -1.92. The van der Waals surface area contributed by atoms with Crippen LogP contribution in [-0.4, -0.2) is 7.11 Å². The van der Waals surface area contributed by atoms with E-state index in [1.54, 1.807) is 24.9 Å². The highest BCUT2D eigenvalue weighted by Gasteiger charge is 2.07. The van der Waals surface area contributed by atoms with Crippen LogP contribution in [0.4, 0.5) is 5.69 Å². The maximum Gasteiger partial charge on any atom is 0.122 e. The zero-order valence-electron chi connectivity index (χ0n) is 10.9. The quantitative estimate of drug-likeness (QED) is 0.664. The Morgan fingerprint density at radius 1 is 1.30 bits per heavy atom. The fourth-order valence-electron chi connectivity index (χ4n) is 1.75. The molecule has 0 aliphatic carbocycles. The Kier molecular flexibility index (Phi) is 4.94. The predicted molar refractivity (Wildman–Crippen MR) is 85.8 cm³/mol. The van der Waals surface area contributed by atoms with Crippen molar-refractivity contribution >= 4 is 33.4 Å². The first-order valence-electron chi connectivity index (χ1n) is 5.89. The van der Waals surface area contributed by atoms with Gasteiger partial charge in [-0.25, -0.2) is 0 Å². The average molecular weight is 349 g/mol. The molecule has 20 heavy (non-hydrogen) atoms. The van der Waals surface area contributed by atoms with Crippen molar-refractivity contribution in [3.63, 3.8) is 0 Å². The maximum atomic E-state index is 8.97. The summed E-state index contributed by atoms with van der Waals surface area (Å²) in [6, 6.07) is 13.3. The van der Waals surface area contributed by atoms with E-state index in [0.717, 1.165) is 32.1 Å². The molecule has 0 aliphatic rings. The van der Waals surface area contributed by atoms with Gasteiger partial charge in [0.25, 0.3) is 0 Å². The molecule has 0 bridgehead atoms. The first-order chi connectivity index (χ1) is 9.63. The van der Waals surface area contributed by atoms with Gasteiger partial charge < -0.3 is 10.5 Å². The lowest BCUT2D eigenvalue weighted by Gasteiger charge is -2.10. The fraction of sp³-hybridized carbons (Fsp3) is 0.133. The molecule has 5 heteroatoms. The summed E-state index contributed by atoms with van der Waals surface area (Å²) in [7, 11) is 1.63. The van der Waals surface area contributed by atoms with Gasteiger partial charge in [-0.2, -0.15) is 5.26 Å². The lowest BCUT2D eigenvalue weighted by molar-refractivity contribution is 0.411. The number of hydrogen-bond acceptors (Lipinski definition) is 4. The summed E-state index contributed by atoms with van der Waals surface area (Å²) in [6.45, 7) is 0. The van der Waals surface area contributed by atoms with Gasteiger partial charge in [0.15, 0.2) is 0 Å². The largest absolute Gasteiger partial charge is 0.496 e. The summed E-state index contributed by atoms with van der Waals surface area (Å²) < 4.78 is 6.30. The summed E-state index contributed by atoms with van der Waals surface area (Å²) in [5, 5.41) is 8.97. The molecular formula is C15H13BrN2OS. The molecule has 0 aromatic heterocycles. The Morgan fingerprint density at radius 3 is 2.75 bits per heavy atom. The van der Waals surface area contributed by atoms with E-state index < -0.39 is 0 Å². The number of hydrogen-bond donors (Lipinski definition) is 1. The number of thioether (sulfide) groups is 1. The van der Waals surface area contributed by atoms with E-state index in [-0.39, 0.29) is 0 Å². The molecule has 2 N–H and O–H groups in total. The van der Waals surface area contributed by atoms with E-state index in [9.17, 15) is 0 Å². The van der Waals surface area contributed by atoms with Crippen molar-refractivity contribution < 1.29 is 4.74 Å². The number of halogens is 1. The topological polar surface area (TPSA) is 59.0 Å². The second-order valence-electron chi connectivity index (χ2n) is 4.12. The van der Waals surface area contributed by atoms with E-state index >= 15 is 0 Å². The van der Waals surface area contributed by atoms with Crippen molar-refractivity contribution in [3.8, 4) is 11.8 Å². The van der Waals surface area contributed by atoms with Gasteiger partial charge in [-0.15, -0.1) is 11.8 Å². The molecule has 0 atom stereocenters. The minimum Gasteiger partial charge on any atom is -0.496 e. The van der Waals surface area contributed by atoms with Crippen LogP contribution in [0.1, 0.15) is 11.1 Å². The highest BCUT2D eigenvalue weighted by atomic mass is 79.9. The van der Waals surface area contributed by atoms with Crippen LogP contribution in [0.5, 0.6) is 5.75 Å². The van der Waals surface area contributed by atoms with Crippen molar-refractivity contribution in [1.82, 2.24) is 0 Å². The Morgan fingerprint density at radius 2 is 2.10 bits per heavy atom. The Balaban J connectivity index is 2.20. The summed E-state index contributed by atoms with van der Waals surface area (Å²) >= 11 is 5.17. The van der Waals surface area contributed by atoms with Crippen molar-refractivity contribution in [2.45, 2.75) is 10.6 Å². The minimum absolute atomic E-state index is 0.637. The zero-order chi connectivity index (χ0) is 14.5. The van der Waals surface area contributed by atoms with Gasteiger partial charge in [0.2, 0.25) is 0 Å². The van der Waals surface area contributed by atoms with Crippen molar-refractivity contribution in [2.75, 3.05) is 12.8 Å². The third-order valence-electron chi connectivity index (χ3n) is 2.75. The molecule has 0 spiro atoms. The molecular weight excluding hydrogens is 336 g/mol. The standard InChI is InChI=1S/C15H13BrN2OS/c1-19-14-4-2-10(8-17)6-11(14)9-20-15-5-3-12(18)7-13(15)16/h2-7H,9,18H2,1H3. The monoisotopic (exact) mass is 348 g/mol. The Bertz CT molecular complexity index is 667. The van der Waals surface area contributed by atoms with E-state index in [4.69, 9.17) is 15.7 Å². The zero-order valence-corrected chi connectivity index (χ0v) is 13.3. The first kappa shape index (κ1) is 14.8. The van der Waals surface area contributed by atoms with Crippen molar-refractivity contribution in [2.24, 2.45) is 0 Å². The third-order valence-corrected chi connectivity index (χ3v) is 4.79. The first-order valence-corrected chi connectivity index (χ1v) is 7.66. The normalized spacial score (nSPS) is 10.1. The minimum atomic E-state index is 0.637. The molecule has 0 aliphatic heterocycles. The molecule has 2 rings (SSSR count). The van der Waals surface area contributed by atoms with Gasteiger partial charge in [-0.3, -0.25) is 0 Å². The van der Waals surface area contributed by atoms with Crippen LogP contribution in [0.3, 0.4) is 0 Å². The van der Waals surface area contributed by atoms with Crippen molar-refractivity contribution in [3.05, 3.63) is 52.0 Å². The van der Waals surface area contributed by atoms with Crippen LogP contribution in [0, 0.1) is 11.3 Å². The second kappa shape index (κ2) is 6.69. The third kappa shape index (κ3) is 3.47. The van der Waals surface area contributed by atoms with E-state index in [1.807, 2.05) is 30.3 Å². The number of nitrogen functional groups attached to an aromatic ring is 1. The lowest BCUT2D eigenvalue weighted by atomic mass is 10.1. The van der Waals surface area contributed by atoms with Crippen LogP contribution >= 0.6 is 27.7 Å². The molecule has 0 radical (unpaired) electrons. The van der Waals surface area contributed by atoms with Crippen LogP contribution in [0.2, 0.25) is 0 Å². The SMILES string of the molecule is COc1ccc(C#N)cc1CSc1ccc(N)cc1Br. The molecule has 0 amide bonds. The number of anilines is 1. The molecule has 0 saturated carbocycles. The van der Waals surface area contributed by atoms with E-state index in [2.05, 4.69) is 22.0 Å². The predicted octanol–water partition coefficient (Wildman–Crippen LogP) is 4.20. The summed E-state index contributed by atoms with van der Waals surface area (Å²) in [6.07, 6.45) is 0. The number of nitrogens with zero attached hydrogens (tertiary/aromatic N) is 1. The van der Waals surface area contributed by atoms with Gasteiger partial charge in [-0.05, 0) is 52.3 Å². The Hall–Kier alpha value is -1.64. The van der Waals surface area contributed by atoms with E-state index in [1.165, 1.54) is 0 Å². The molecule has 2 aromatic rings. The molecule has 102 valence electrons. The summed E-state index contributed by atoms with van der Waals surface area (Å²) in [5.74, 6) is 1.52. The molecule has 2 aromatic carbocycles. The van der Waals surface area contributed by atoms with Crippen molar-refractivity contribution in [1.29, 1.82) is 5.26 Å². The summed E-state index contributed by atoms with van der Waals surface area (Å²) in [5.41, 5.74) is 8.09. The number of ether oxygens (including phenoxy) is 1. The summed E-state index contributed by atoms with van der Waals surface area (Å²) in [4.78, 5) is 1.10. The number of benzene rings is 2. The second-order valence-corrected chi connectivity index (χ2v) is 5.99. The van der Waals surface area contributed by atoms with Crippen LogP contribution < -0.4 is 10.5 Å². The van der Waals surface area contributed by atoms with Gasteiger partial charge in [-0.1, -0.05) is 0 Å². The van der Waals surface area contributed by atoms with E-state index in [0.29, 0.717) is 5.56 Å². The highest BCUT2D eigenvalue weighted by Crippen LogP contribution is 2.33. The molecule has 0 heterocycles. The number of nitriles is 1. The van der Waals surface area contributed by atoms with Crippen LogP contribution in [0.15, 0.2) is 45.8 Å². The fourth-order valence-corrected chi connectivity index (χ4v) is 3.39. The van der Waals surface area contributed by atoms with Crippen LogP contribution in [0.25, 0.3) is 0 Å². The molecule has 0 saturated heterocycles. The number of rotatable bonds is 4. The van der Waals surface area contributed by atoms with Gasteiger partial charge >= 0.3 is 0 Å². The number of nitrogens with two attached hydrogens (primary N) is 1. The highest BCUT2D eigenvalue weighted by molar-refractivity contribution is 9.10.